The van der Waals surface area contributed by atoms with Crippen LogP contribution in [-0.4, -0.2) is 4.98 Å². The van der Waals surface area contributed by atoms with Gasteiger partial charge in [-0.15, -0.1) is 11.3 Å². The van der Waals surface area contributed by atoms with Gasteiger partial charge in [0.05, 0.1) is 11.2 Å². The predicted molar refractivity (Wildman–Crippen MR) is 40.6 cm³/mol. The van der Waals surface area contributed by atoms with Crippen LogP contribution in [0.1, 0.15) is 25.5 Å². The molecule has 0 saturated carbocycles. The van der Waals surface area contributed by atoms with E-state index in [9.17, 15) is 0 Å². The van der Waals surface area contributed by atoms with Crippen molar-refractivity contribution in [2.75, 3.05) is 5.73 Å². The number of nitrogen functional groups attached to an aromatic ring is 1. The van der Waals surface area contributed by atoms with E-state index in [2.05, 4.69) is 18.8 Å². The summed E-state index contributed by atoms with van der Waals surface area (Å²) in [6, 6.07) is 0. The molecule has 0 aliphatic carbocycles. The highest BCUT2D eigenvalue weighted by Crippen LogP contribution is 2.22. The Bertz CT molecular complexity index is 193. The fraction of sp³-hybridized carbons (Fsp3) is 0.500. The Morgan fingerprint density at radius 2 is 2.33 bits per heavy atom. The van der Waals surface area contributed by atoms with Gasteiger partial charge in [-0.25, -0.2) is 4.98 Å². The van der Waals surface area contributed by atoms with Crippen molar-refractivity contribution in [3.05, 3.63) is 11.2 Å². The summed E-state index contributed by atoms with van der Waals surface area (Å²) in [7, 11) is 0. The number of nitrogens with zero attached hydrogens (tertiary/aromatic N) is 1. The topological polar surface area (TPSA) is 38.9 Å². The first-order chi connectivity index (χ1) is 4.22. The summed E-state index contributed by atoms with van der Waals surface area (Å²) in [6.07, 6.45) is 0. The van der Waals surface area contributed by atoms with Crippen LogP contribution < -0.4 is 5.73 Å². The second kappa shape index (κ2) is 2.35. The summed E-state index contributed by atoms with van der Waals surface area (Å²) in [4.78, 5) is 4.11. The SMILES string of the molecule is CC(C)c1ncsc1N. The van der Waals surface area contributed by atoms with E-state index in [0.717, 1.165) is 10.7 Å². The van der Waals surface area contributed by atoms with E-state index in [-0.39, 0.29) is 0 Å². The van der Waals surface area contributed by atoms with Crippen molar-refractivity contribution < 1.29 is 0 Å². The van der Waals surface area contributed by atoms with Crippen LogP contribution in [0, 0.1) is 0 Å². The second-order valence-corrected chi connectivity index (χ2v) is 3.14. The van der Waals surface area contributed by atoms with Crippen molar-refractivity contribution in [1.29, 1.82) is 0 Å². The molecule has 0 radical (unpaired) electrons. The minimum Gasteiger partial charge on any atom is -0.389 e. The van der Waals surface area contributed by atoms with Gasteiger partial charge < -0.3 is 5.73 Å². The quantitative estimate of drug-likeness (QED) is 0.650. The van der Waals surface area contributed by atoms with Crippen LogP contribution in [0.5, 0.6) is 0 Å². The van der Waals surface area contributed by atoms with E-state index in [4.69, 9.17) is 5.73 Å². The van der Waals surface area contributed by atoms with Crippen molar-refractivity contribution in [3.8, 4) is 0 Å². The molecule has 0 aliphatic heterocycles. The van der Waals surface area contributed by atoms with Crippen LogP contribution in [0.15, 0.2) is 5.51 Å². The molecule has 1 aromatic heterocycles. The van der Waals surface area contributed by atoms with Gasteiger partial charge in [-0.2, -0.15) is 0 Å². The second-order valence-electron chi connectivity index (χ2n) is 2.26. The molecule has 9 heavy (non-hydrogen) atoms. The van der Waals surface area contributed by atoms with Crippen molar-refractivity contribution in [1.82, 2.24) is 4.98 Å². The molecule has 1 rings (SSSR count). The summed E-state index contributed by atoms with van der Waals surface area (Å²) in [5, 5.41) is 0.852. The summed E-state index contributed by atoms with van der Waals surface area (Å²) in [6.45, 7) is 4.18. The molecule has 0 atom stereocenters. The van der Waals surface area contributed by atoms with E-state index < -0.39 is 0 Å². The van der Waals surface area contributed by atoms with E-state index in [1.54, 1.807) is 5.51 Å². The van der Waals surface area contributed by atoms with Crippen LogP contribution in [0.25, 0.3) is 0 Å². The van der Waals surface area contributed by atoms with E-state index in [1.165, 1.54) is 11.3 Å². The van der Waals surface area contributed by atoms with Gasteiger partial charge in [-0.3, -0.25) is 0 Å². The average molecular weight is 142 g/mol. The normalized spacial score (nSPS) is 10.6. The lowest BCUT2D eigenvalue weighted by Gasteiger charge is -1.98. The Labute approximate surface area is 58.7 Å². The van der Waals surface area contributed by atoms with Gasteiger partial charge in [0.2, 0.25) is 0 Å². The van der Waals surface area contributed by atoms with Crippen molar-refractivity contribution in [2.24, 2.45) is 0 Å². The third-order valence-electron chi connectivity index (χ3n) is 1.17. The minimum absolute atomic E-state index is 0.455. The van der Waals surface area contributed by atoms with Gasteiger partial charge in [-0.05, 0) is 5.92 Å². The van der Waals surface area contributed by atoms with Gasteiger partial charge in [0.15, 0.2) is 0 Å². The molecular weight excluding hydrogens is 132 g/mol. The Hall–Kier alpha value is -0.570. The fourth-order valence-electron chi connectivity index (χ4n) is 0.697. The summed E-state index contributed by atoms with van der Waals surface area (Å²) in [5.74, 6) is 0.455. The fourth-order valence-corrected chi connectivity index (χ4v) is 1.39. The zero-order valence-corrected chi connectivity index (χ0v) is 6.40. The lowest BCUT2D eigenvalue weighted by Crippen LogP contribution is -1.92. The largest absolute Gasteiger partial charge is 0.389 e. The molecule has 1 aromatic rings. The lowest BCUT2D eigenvalue weighted by atomic mass is 10.1. The van der Waals surface area contributed by atoms with E-state index >= 15 is 0 Å². The number of thiazole rings is 1. The maximum absolute atomic E-state index is 5.60. The number of hydrogen-bond acceptors (Lipinski definition) is 3. The van der Waals surface area contributed by atoms with Crippen molar-refractivity contribution >= 4 is 16.3 Å². The maximum Gasteiger partial charge on any atom is 0.109 e. The first kappa shape index (κ1) is 6.55. The molecule has 0 spiro atoms. The molecular formula is C6H10N2S. The van der Waals surface area contributed by atoms with Gasteiger partial charge >= 0.3 is 0 Å². The zero-order chi connectivity index (χ0) is 6.85. The first-order valence-electron chi connectivity index (χ1n) is 2.90. The van der Waals surface area contributed by atoms with Crippen LogP contribution >= 0.6 is 11.3 Å². The lowest BCUT2D eigenvalue weighted by molar-refractivity contribution is 0.836. The zero-order valence-electron chi connectivity index (χ0n) is 5.59. The summed E-state index contributed by atoms with van der Waals surface area (Å²) in [5.41, 5.74) is 8.41. The Kier molecular flexibility index (Phi) is 1.71. The summed E-state index contributed by atoms with van der Waals surface area (Å²) < 4.78 is 0. The molecule has 0 unspecified atom stereocenters. The molecule has 2 N–H and O–H groups in total. The number of rotatable bonds is 1. The summed E-state index contributed by atoms with van der Waals surface area (Å²) >= 11 is 1.50. The highest BCUT2D eigenvalue weighted by Gasteiger charge is 2.04. The molecule has 1 heterocycles. The predicted octanol–water partition coefficient (Wildman–Crippen LogP) is 1.85. The van der Waals surface area contributed by atoms with Crippen molar-refractivity contribution in [3.63, 3.8) is 0 Å². The Morgan fingerprint density at radius 3 is 2.56 bits per heavy atom. The van der Waals surface area contributed by atoms with Gasteiger partial charge in [-0.1, -0.05) is 13.8 Å². The van der Waals surface area contributed by atoms with Gasteiger partial charge in [0.1, 0.15) is 5.00 Å². The van der Waals surface area contributed by atoms with Crippen LogP contribution in [0.2, 0.25) is 0 Å². The first-order valence-corrected chi connectivity index (χ1v) is 3.78. The number of nitrogens with two attached hydrogens (primary N) is 1. The standard InChI is InChI=1S/C6H10N2S/c1-4(2)5-6(7)9-3-8-5/h3-4H,7H2,1-2H3. The smallest absolute Gasteiger partial charge is 0.109 e. The third kappa shape index (κ3) is 1.21. The van der Waals surface area contributed by atoms with Crippen LogP contribution in [-0.2, 0) is 0 Å². The minimum atomic E-state index is 0.455. The molecule has 0 saturated heterocycles. The van der Waals surface area contributed by atoms with E-state index in [1.807, 2.05) is 0 Å². The molecule has 0 amide bonds. The van der Waals surface area contributed by atoms with E-state index in [0.29, 0.717) is 5.92 Å². The molecule has 50 valence electrons. The van der Waals surface area contributed by atoms with Crippen LogP contribution in [0.3, 0.4) is 0 Å². The van der Waals surface area contributed by atoms with Gasteiger partial charge in [0.25, 0.3) is 0 Å². The Morgan fingerprint density at radius 1 is 1.67 bits per heavy atom. The molecule has 0 aromatic carbocycles. The number of hydrogen-bond donors (Lipinski definition) is 1. The highest BCUT2D eigenvalue weighted by molar-refractivity contribution is 7.13. The third-order valence-corrected chi connectivity index (χ3v) is 1.84. The van der Waals surface area contributed by atoms with Crippen molar-refractivity contribution in [2.45, 2.75) is 19.8 Å². The number of anilines is 1. The monoisotopic (exact) mass is 142 g/mol. The maximum atomic E-state index is 5.60. The highest BCUT2D eigenvalue weighted by atomic mass is 32.1. The molecule has 3 heteroatoms. The molecule has 0 bridgehead atoms. The molecule has 2 nitrogen and oxygen atoms in total. The van der Waals surface area contributed by atoms with Gasteiger partial charge in [0, 0.05) is 0 Å². The number of aromatic nitrogens is 1. The molecule has 0 aliphatic rings. The molecule has 0 fully saturated rings. The Balaban J connectivity index is 2.94. The van der Waals surface area contributed by atoms with Crippen LogP contribution in [0.4, 0.5) is 5.00 Å². The average Bonchev–Trinajstić information content (AvgIpc) is 2.13.